The van der Waals surface area contributed by atoms with Gasteiger partial charge in [0.25, 0.3) is 0 Å². The van der Waals surface area contributed by atoms with Crippen molar-refractivity contribution in [2.75, 3.05) is 13.0 Å². The maximum Gasteiger partial charge on any atom is 0.243 e. The van der Waals surface area contributed by atoms with E-state index in [9.17, 15) is 9.90 Å². The van der Waals surface area contributed by atoms with Crippen LogP contribution in [0.15, 0.2) is 35.3 Å². The molecule has 108 valence electrons. The van der Waals surface area contributed by atoms with Gasteiger partial charge in [-0.15, -0.1) is 0 Å². The molecule has 0 heterocycles. The highest BCUT2D eigenvalue weighted by atomic mass is 16.3. The molecule has 0 saturated heterocycles. The van der Waals surface area contributed by atoms with E-state index in [-0.39, 0.29) is 5.75 Å². The Morgan fingerprint density at radius 1 is 1.35 bits per heavy atom. The molecular weight excluding hydrogens is 256 g/mol. The number of nitrogens with two attached hydrogens (primary N) is 2. The lowest BCUT2D eigenvalue weighted by atomic mass is 10.2. The van der Waals surface area contributed by atoms with Gasteiger partial charge in [-0.05, 0) is 36.5 Å². The lowest BCUT2D eigenvalue weighted by Crippen LogP contribution is -2.24. The lowest BCUT2D eigenvalue weighted by molar-refractivity contribution is -0.116. The Labute approximate surface area is 129 Å². The topological polar surface area (TPSA) is 114 Å². The van der Waals surface area contributed by atoms with E-state index in [0.29, 0.717) is 5.56 Å². The second-order valence-electron chi connectivity index (χ2n) is 3.44. The zero-order valence-corrected chi connectivity index (χ0v) is 10.4. The molecule has 0 aromatic heterocycles. The Morgan fingerprint density at radius 2 is 2.05 bits per heavy atom. The van der Waals surface area contributed by atoms with Crippen molar-refractivity contribution in [3.8, 4) is 5.75 Å². The van der Waals surface area contributed by atoms with Gasteiger partial charge in [-0.3, -0.25) is 9.79 Å². The largest absolute Gasteiger partial charge is 0.508 e. The zero-order chi connectivity index (χ0) is 22.0. The molecule has 0 aliphatic carbocycles. The number of amides is 1. The number of benzene rings is 1. The standard InChI is InChI=1S/C14H20N4O2/c15-14(16)18-10-2-1-9-17-13(20)8-5-11-3-6-12(19)7-4-11/h3-8,19H,1-2,9-10H2,(H,17,20)(H4,15,16,18)/b8-5+/i1D2,2D2,9D2,10D2. The molecule has 0 radical (unpaired) electrons. The number of carbonyl (C=O) groups excluding carboxylic acids is 1. The van der Waals surface area contributed by atoms with E-state index in [2.05, 4.69) is 4.99 Å². The first-order valence-electron chi connectivity index (χ1n) is 9.43. The van der Waals surface area contributed by atoms with Crippen LogP contribution in [-0.2, 0) is 4.79 Å². The van der Waals surface area contributed by atoms with Crippen molar-refractivity contribution in [3.63, 3.8) is 0 Å². The van der Waals surface area contributed by atoms with E-state index in [4.69, 9.17) is 22.4 Å². The molecule has 6 N–H and O–H groups in total. The number of aliphatic imine (C=N–C) groups is 1. The summed E-state index contributed by atoms with van der Waals surface area (Å²) in [5.41, 5.74) is 10.5. The van der Waals surface area contributed by atoms with Gasteiger partial charge in [0.1, 0.15) is 5.75 Å². The minimum atomic E-state index is -3.58. The van der Waals surface area contributed by atoms with E-state index < -0.39 is 37.6 Å². The van der Waals surface area contributed by atoms with Gasteiger partial charge in [0.2, 0.25) is 5.91 Å². The first-order valence-corrected chi connectivity index (χ1v) is 5.43. The van der Waals surface area contributed by atoms with Crippen molar-refractivity contribution in [1.29, 1.82) is 0 Å². The highest BCUT2D eigenvalue weighted by Gasteiger charge is 1.95. The Hall–Kier alpha value is -2.50. The molecule has 0 atom stereocenters. The Kier molecular flexibility index (Phi) is 3.14. The lowest BCUT2D eigenvalue weighted by Gasteiger charge is -2.01. The highest BCUT2D eigenvalue weighted by molar-refractivity contribution is 5.91. The first kappa shape index (κ1) is 7.33. The van der Waals surface area contributed by atoms with Gasteiger partial charge in [-0.1, -0.05) is 12.1 Å². The van der Waals surface area contributed by atoms with Crippen LogP contribution in [0.1, 0.15) is 29.3 Å². The fourth-order valence-corrected chi connectivity index (χ4v) is 1.04. The molecule has 20 heavy (non-hydrogen) atoms. The summed E-state index contributed by atoms with van der Waals surface area (Å²) >= 11 is 0. The van der Waals surface area contributed by atoms with Gasteiger partial charge in [-0.25, -0.2) is 0 Å². The minimum Gasteiger partial charge on any atom is -0.508 e. The molecule has 0 aliphatic rings. The van der Waals surface area contributed by atoms with Crippen LogP contribution < -0.4 is 16.8 Å². The molecule has 6 heteroatoms. The summed E-state index contributed by atoms with van der Waals surface area (Å²) in [5, 5.41) is 10.9. The summed E-state index contributed by atoms with van der Waals surface area (Å²) in [6.45, 7) is -6.66. The van der Waals surface area contributed by atoms with Crippen molar-refractivity contribution in [2.24, 2.45) is 16.5 Å². The van der Waals surface area contributed by atoms with Crippen LogP contribution in [0.3, 0.4) is 0 Å². The molecule has 1 amide bonds. The molecule has 0 bridgehead atoms. The van der Waals surface area contributed by atoms with Gasteiger partial charge in [0.15, 0.2) is 5.96 Å². The molecule has 1 rings (SSSR count). The maximum atomic E-state index is 12.0. The number of phenolic OH excluding ortho intramolecular Hbond substituents is 1. The quantitative estimate of drug-likeness (QED) is 0.333. The summed E-state index contributed by atoms with van der Waals surface area (Å²) in [7, 11) is 0. The fourth-order valence-electron chi connectivity index (χ4n) is 1.04. The van der Waals surface area contributed by atoms with Crippen molar-refractivity contribution < 1.29 is 20.9 Å². The van der Waals surface area contributed by atoms with Gasteiger partial charge in [0, 0.05) is 27.3 Å². The van der Waals surface area contributed by atoms with Gasteiger partial charge in [-0.2, -0.15) is 0 Å². The van der Waals surface area contributed by atoms with Crippen LogP contribution in [-0.4, -0.2) is 30.0 Å². The molecule has 6 nitrogen and oxygen atoms in total. The smallest absolute Gasteiger partial charge is 0.243 e. The number of nitrogens with one attached hydrogen (secondary N) is 1. The third-order valence-corrected chi connectivity index (χ3v) is 1.87. The third-order valence-electron chi connectivity index (χ3n) is 1.87. The van der Waals surface area contributed by atoms with Crippen LogP contribution in [0.5, 0.6) is 5.75 Å². The second-order valence-corrected chi connectivity index (χ2v) is 3.44. The van der Waals surface area contributed by atoms with Gasteiger partial charge < -0.3 is 21.9 Å². The van der Waals surface area contributed by atoms with Gasteiger partial charge in [0.05, 0.1) is 2.74 Å². The number of carbonyl (C=O) groups is 1. The Morgan fingerprint density at radius 3 is 2.70 bits per heavy atom. The predicted octanol–water partition coefficient (Wildman–Crippen LogP) is 0.575. The van der Waals surface area contributed by atoms with E-state index in [1.54, 1.807) is 5.32 Å². The fraction of sp³-hybridized carbons (Fsp3) is 0.286. The summed E-state index contributed by atoms with van der Waals surface area (Å²) < 4.78 is 61.8. The van der Waals surface area contributed by atoms with Crippen LogP contribution in [0, 0.1) is 0 Å². The van der Waals surface area contributed by atoms with Gasteiger partial charge >= 0.3 is 0 Å². The van der Waals surface area contributed by atoms with E-state index >= 15 is 0 Å². The Bertz CT molecular complexity index is 774. The minimum absolute atomic E-state index is 0.00316. The van der Waals surface area contributed by atoms with Crippen LogP contribution in [0.2, 0.25) is 0 Å². The monoisotopic (exact) mass is 284 g/mol. The summed E-state index contributed by atoms with van der Waals surface area (Å²) in [6.07, 6.45) is -5.01. The molecule has 0 saturated carbocycles. The van der Waals surface area contributed by atoms with E-state index in [0.717, 1.165) is 6.08 Å². The number of phenols is 1. The number of guanidine groups is 1. The van der Waals surface area contributed by atoms with Crippen LogP contribution in [0.4, 0.5) is 0 Å². The van der Waals surface area contributed by atoms with Crippen molar-refractivity contribution in [2.45, 2.75) is 12.7 Å². The van der Waals surface area contributed by atoms with Crippen LogP contribution >= 0.6 is 0 Å². The van der Waals surface area contributed by atoms with Crippen molar-refractivity contribution >= 4 is 17.9 Å². The molecule has 0 fully saturated rings. The molecule has 1 aromatic rings. The third kappa shape index (κ3) is 7.05. The second kappa shape index (κ2) is 8.58. The normalized spacial score (nSPS) is 19.2. The number of nitrogens with zero attached hydrogens (tertiary/aromatic N) is 1. The highest BCUT2D eigenvalue weighted by Crippen LogP contribution is 2.10. The SMILES string of the molecule is [2H]C([2H])(N=C(N)N)C([2H])([2H])C([2H])([2H])C([2H])([2H])NC(=O)/C=C/c1ccc(O)cc1. The average molecular weight is 284 g/mol. The molecule has 0 spiro atoms. The molecule has 1 aromatic carbocycles. The Balaban J connectivity index is 3.06. The van der Waals surface area contributed by atoms with E-state index in [1.165, 1.54) is 30.3 Å². The van der Waals surface area contributed by atoms with Crippen LogP contribution in [0.25, 0.3) is 6.08 Å². The molecule has 0 unspecified atom stereocenters. The number of rotatable bonds is 7. The van der Waals surface area contributed by atoms with E-state index in [1.807, 2.05) is 0 Å². The molecule has 0 aliphatic heterocycles. The van der Waals surface area contributed by atoms with Crippen molar-refractivity contribution in [3.05, 3.63) is 35.9 Å². The average Bonchev–Trinajstić information content (AvgIpc) is 2.52. The maximum absolute atomic E-state index is 12.0. The summed E-state index contributed by atoms with van der Waals surface area (Å²) in [5.74, 6) is -1.95. The summed E-state index contributed by atoms with van der Waals surface area (Å²) in [4.78, 5) is 15.0. The molecular formula is C14H20N4O2. The summed E-state index contributed by atoms with van der Waals surface area (Å²) in [6, 6.07) is 5.65. The predicted molar refractivity (Wildman–Crippen MR) is 80.1 cm³/mol. The number of hydrogen-bond donors (Lipinski definition) is 4. The van der Waals surface area contributed by atoms with Crippen molar-refractivity contribution in [1.82, 2.24) is 5.32 Å². The first-order chi connectivity index (χ1) is 12.5. The zero-order valence-electron chi connectivity index (χ0n) is 18.4. The number of hydrogen-bond acceptors (Lipinski definition) is 3. The number of aromatic hydroxyl groups is 1.